The first-order valence-electron chi connectivity index (χ1n) is 5.17. The van der Waals surface area contributed by atoms with Crippen molar-refractivity contribution in [2.45, 2.75) is 0 Å². The molecule has 0 unspecified atom stereocenters. The highest BCUT2D eigenvalue weighted by Gasteiger charge is 2.14. The number of likely N-dealkylation sites (N-methyl/N-ethyl adjacent to an activating group) is 1. The van der Waals surface area contributed by atoms with E-state index in [4.69, 9.17) is 0 Å². The van der Waals surface area contributed by atoms with Gasteiger partial charge in [0.05, 0.1) is 5.70 Å². The van der Waals surface area contributed by atoms with Crippen molar-refractivity contribution in [1.29, 1.82) is 0 Å². The fourth-order valence-corrected chi connectivity index (χ4v) is 1.63. The number of nitrogens with zero attached hydrogens (tertiary/aromatic N) is 1. The topological polar surface area (TPSA) is 52.6 Å². The summed E-state index contributed by atoms with van der Waals surface area (Å²) in [5, 5.41) is 12.8. The minimum atomic E-state index is -0.0525. The number of rotatable bonds is 1. The van der Waals surface area contributed by atoms with E-state index < -0.39 is 0 Å². The first kappa shape index (κ1) is 10.5. The monoisotopic (exact) mass is 218 g/mol. The van der Waals surface area contributed by atoms with E-state index in [1.807, 2.05) is 6.07 Å². The minimum Gasteiger partial charge on any atom is -0.507 e. The molecule has 4 heteroatoms. The first-order valence-corrected chi connectivity index (χ1v) is 5.17. The largest absolute Gasteiger partial charge is 0.507 e. The molecule has 1 aliphatic heterocycles. The van der Waals surface area contributed by atoms with E-state index in [2.05, 4.69) is 5.32 Å². The fraction of sp³-hybridized carbons (Fsp3) is 0.250. The van der Waals surface area contributed by atoms with Crippen molar-refractivity contribution in [3.8, 4) is 5.75 Å². The maximum Gasteiger partial charge on any atom is 0.248 e. The zero-order chi connectivity index (χ0) is 11.5. The van der Waals surface area contributed by atoms with Gasteiger partial charge in [0.15, 0.2) is 0 Å². The van der Waals surface area contributed by atoms with Crippen molar-refractivity contribution in [3.05, 3.63) is 35.9 Å². The Morgan fingerprint density at radius 3 is 2.88 bits per heavy atom. The summed E-state index contributed by atoms with van der Waals surface area (Å²) in [6, 6.07) is 6.98. The van der Waals surface area contributed by atoms with Gasteiger partial charge in [-0.2, -0.15) is 0 Å². The van der Waals surface area contributed by atoms with Crippen LogP contribution in [0.1, 0.15) is 5.56 Å². The second-order valence-electron chi connectivity index (χ2n) is 3.76. The van der Waals surface area contributed by atoms with Gasteiger partial charge in [-0.05, 0) is 12.1 Å². The number of para-hydroxylation sites is 1. The Labute approximate surface area is 94.2 Å². The molecular formula is C12H14N2O2. The average molecular weight is 218 g/mol. The number of phenols is 1. The van der Waals surface area contributed by atoms with Crippen LogP contribution in [0.2, 0.25) is 0 Å². The van der Waals surface area contributed by atoms with E-state index in [-0.39, 0.29) is 11.7 Å². The maximum atomic E-state index is 11.6. The van der Waals surface area contributed by atoms with Gasteiger partial charge in [-0.25, -0.2) is 0 Å². The quantitative estimate of drug-likeness (QED) is 0.733. The van der Waals surface area contributed by atoms with Crippen LogP contribution < -0.4 is 5.32 Å². The van der Waals surface area contributed by atoms with Gasteiger partial charge in [0.2, 0.25) is 5.91 Å². The van der Waals surface area contributed by atoms with E-state index in [9.17, 15) is 9.90 Å². The lowest BCUT2D eigenvalue weighted by Crippen LogP contribution is -2.28. The Balaban J connectivity index is 2.37. The standard InChI is InChI=1S/C12H14N2O2/c1-14-7-6-13-10(8-12(14)16)9-4-2-3-5-11(9)15/h2-5,8,13,15H,6-7H2,1H3. The molecule has 0 radical (unpaired) electrons. The average Bonchev–Trinajstić information content (AvgIpc) is 2.43. The zero-order valence-electron chi connectivity index (χ0n) is 9.10. The first-order chi connectivity index (χ1) is 7.68. The number of benzene rings is 1. The van der Waals surface area contributed by atoms with Crippen molar-refractivity contribution in [3.63, 3.8) is 0 Å². The lowest BCUT2D eigenvalue weighted by molar-refractivity contribution is -0.124. The van der Waals surface area contributed by atoms with E-state index in [1.165, 1.54) is 6.08 Å². The number of amides is 1. The Kier molecular flexibility index (Phi) is 2.81. The van der Waals surface area contributed by atoms with Gasteiger partial charge in [-0.3, -0.25) is 4.79 Å². The van der Waals surface area contributed by atoms with Gasteiger partial charge in [-0.1, -0.05) is 12.1 Å². The molecule has 1 aromatic carbocycles. The summed E-state index contributed by atoms with van der Waals surface area (Å²) in [6.45, 7) is 1.34. The third-order valence-corrected chi connectivity index (χ3v) is 2.60. The zero-order valence-corrected chi connectivity index (χ0v) is 9.10. The van der Waals surface area contributed by atoms with Crippen LogP contribution in [0.25, 0.3) is 5.70 Å². The fourth-order valence-electron chi connectivity index (χ4n) is 1.63. The smallest absolute Gasteiger partial charge is 0.248 e. The molecule has 1 aliphatic rings. The van der Waals surface area contributed by atoms with E-state index in [1.54, 1.807) is 30.1 Å². The second kappa shape index (κ2) is 4.26. The van der Waals surface area contributed by atoms with Gasteiger partial charge in [0, 0.05) is 31.8 Å². The molecule has 0 aliphatic carbocycles. The van der Waals surface area contributed by atoms with Gasteiger partial charge in [0.25, 0.3) is 0 Å². The minimum absolute atomic E-state index is 0.0525. The number of carbonyl (C=O) groups excluding carboxylic acids is 1. The molecule has 1 heterocycles. The molecule has 16 heavy (non-hydrogen) atoms. The van der Waals surface area contributed by atoms with Crippen LogP contribution in [-0.2, 0) is 4.79 Å². The molecule has 2 N–H and O–H groups in total. The lowest BCUT2D eigenvalue weighted by Gasteiger charge is -2.11. The summed E-state index contributed by atoms with van der Waals surface area (Å²) in [4.78, 5) is 13.3. The summed E-state index contributed by atoms with van der Waals surface area (Å²) < 4.78 is 0. The molecule has 2 rings (SSSR count). The van der Waals surface area contributed by atoms with Crippen LogP contribution in [0.5, 0.6) is 5.75 Å². The number of aromatic hydroxyl groups is 1. The molecule has 0 aromatic heterocycles. The van der Waals surface area contributed by atoms with Crippen molar-refractivity contribution < 1.29 is 9.90 Å². The Morgan fingerprint density at radius 1 is 1.38 bits per heavy atom. The summed E-state index contributed by atoms with van der Waals surface area (Å²) in [5.41, 5.74) is 1.33. The number of hydrogen-bond donors (Lipinski definition) is 2. The second-order valence-corrected chi connectivity index (χ2v) is 3.76. The summed E-state index contributed by atoms with van der Waals surface area (Å²) >= 11 is 0. The molecular weight excluding hydrogens is 204 g/mol. The van der Waals surface area contributed by atoms with Crippen molar-refractivity contribution in [2.75, 3.05) is 20.1 Å². The van der Waals surface area contributed by atoms with Crippen molar-refractivity contribution in [2.24, 2.45) is 0 Å². The predicted molar refractivity (Wildman–Crippen MR) is 61.7 cm³/mol. The molecule has 0 fully saturated rings. The molecule has 0 saturated heterocycles. The number of nitrogens with one attached hydrogen (secondary N) is 1. The number of carbonyl (C=O) groups is 1. The van der Waals surface area contributed by atoms with Crippen LogP contribution in [0, 0.1) is 0 Å². The molecule has 0 bridgehead atoms. The number of phenolic OH excluding ortho intramolecular Hbond substituents is 1. The van der Waals surface area contributed by atoms with Crippen LogP contribution in [-0.4, -0.2) is 36.1 Å². The van der Waals surface area contributed by atoms with E-state index in [0.717, 1.165) is 0 Å². The van der Waals surface area contributed by atoms with Crippen LogP contribution in [0.4, 0.5) is 0 Å². The van der Waals surface area contributed by atoms with Crippen molar-refractivity contribution in [1.82, 2.24) is 10.2 Å². The molecule has 84 valence electrons. The Hall–Kier alpha value is -1.97. The molecule has 0 spiro atoms. The molecule has 1 aromatic rings. The van der Waals surface area contributed by atoms with E-state index in [0.29, 0.717) is 24.4 Å². The molecule has 0 atom stereocenters. The number of hydrogen-bond acceptors (Lipinski definition) is 3. The highest BCUT2D eigenvalue weighted by molar-refractivity contribution is 5.95. The van der Waals surface area contributed by atoms with Gasteiger partial charge in [0.1, 0.15) is 5.75 Å². The summed E-state index contributed by atoms with van der Waals surface area (Å²) in [7, 11) is 1.76. The third-order valence-electron chi connectivity index (χ3n) is 2.60. The van der Waals surface area contributed by atoms with Gasteiger partial charge >= 0.3 is 0 Å². The normalized spacial score (nSPS) is 16.4. The lowest BCUT2D eigenvalue weighted by atomic mass is 10.1. The summed E-state index contributed by atoms with van der Waals surface area (Å²) in [5.74, 6) is 0.127. The van der Waals surface area contributed by atoms with Crippen LogP contribution in [0.3, 0.4) is 0 Å². The maximum absolute atomic E-state index is 11.6. The van der Waals surface area contributed by atoms with Crippen LogP contribution >= 0.6 is 0 Å². The van der Waals surface area contributed by atoms with E-state index >= 15 is 0 Å². The summed E-state index contributed by atoms with van der Waals surface area (Å²) in [6.07, 6.45) is 1.52. The predicted octanol–water partition coefficient (Wildman–Crippen LogP) is 0.795. The molecule has 4 nitrogen and oxygen atoms in total. The SMILES string of the molecule is CN1CCNC(c2ccccc2O)=CC1=O. The third kappa shape index (κ3) is 2.00. The highest BCUT2D eigenvalue weighted by atomic mass is 16.3. The van der Waals surface area contributed by atoms with Crippen LogP contribution in [0.15, 0.2) is 30.3 Å². The van der Waals surface area contributed by atoms with Gasteiger partial charge < -0.3 is 15.3 Å². The Bertz CT molecular complexity index is 440. The van der Waals surface area contributed by atoms with Gasteiger partial charge in [-0.15, -0.1) is 0 Å². The highest BCUT2D eigenvalue weighted by Crippen LogP contribution is 2.23. The molecule has 1 amide bonds. The van der Waals surface area contributed by atoms with Crippen molar-refractivity contribution >= 4 is 11.6 Å². The Morgan fingerprint density at radius 2 is 2.12 bits per heavy atom. The molecule has 0 saturated carbocycles.